The number of hydrogen-bond donors (Lipinski definition) is 1. The molecule has 0 aliphatic carbocycles. The van der Waals surface area contributed by atoms with Crippen molar-refractivity contribution in [2.45, 2.75) is 5.50 Å². The van der Waals surface area contributed by atoms with Gasteiger partial charge in [-0.1, -0.05) is 0 Å². The van der Waals surface area contributed by atoms with E-state index >= 15 is 0 Å². The Labute approximate surface area is 87.0 Å². The number of nitrogens with two attached hydrogens (primary N) is 1. The summed E-state index contributed by atoms with van der Waals surface area (Å²) in [6.45, 7) is 0. The largest absolute Gasteiger partial charge is 0.382 e. The van der Waals surface area contributed by atoms with Crippen LogP contribution in [0.5, 0.6) is 0 Å². The molecule has 0 amide bonds. The number of nitrogens with zero attached hydrogens (tertiary/aromatic N) is 4. The van der Waals surface area contributed by atoms with Crippen LogP contribution >= 0.6 is 11.8 Å². The Morgan fingerprint density at radius 1 is 1.50 bits per heavy atom. The Hall–Kier alpha value is -1.17. The Bertz CT molecular complexity index is 383. The smallest absolute Gasteiger partial charge is 0.172 e. The van der Waals surface area contributed by atoms with Gasteiger partial charge >= 0.3 is 0 Å². The number of amidine groups is 1. The molecule has 0 spiro atoms. The second-order valence-corrected chi connectivity index (χ2v) is 4.11. The molecule has 1 aromatic rings. The number of thioether (sulfide) groups is 1. The molecule has 1 aliphatic rings. The topological polar surface area (TPSA) is 59.4 Å². The highest BCUT2D eigenvalue weighted by molar-refractivity contribution is 7.99. The number of rotatable bonds is 1. The van der Waals surface area contributed by atoms with Crippen molar-refractivity contribution in [2.75, 3.05) is 18.2 Å². The predicted octanol–water partition coefficient (Wildman–Crippen LogP) is 0.222. The zero-order chi connectivity index (χ0) is 10.3. The van der Waals surface area contributed by atoms with Crippen molar-refractivity contribution in [2.24, 2.45) is 17.8 Å². The van der Waals surface area contributed by atoms with Gasteiger partial charge in [-0.2, -0.15) is 0 Å². The summed E-state index contributed by atoms with van der Waals surface area (Å²) in [5.74, 6) is 1.47. The van der Waals surface area contributed by atoms with Crippen LogP contribution in [-0.2, 0) is 7.05 Å². The maximum absolute atomic E-state index is 5.87. The second kappa shape index (κ2) is 3.20. The van der Waals surface area contributed by atoms with Crippen LogP contribution in [0.25, 0.3) is 0 Å². The van der Waals surface area contributed by atoms with Gasteiger partial charge in [0.2, 0.25) is 0 Å². The maximum Gasteiger partial charge on any atom is 0.172 e. The van der Waals surface area contributed by atoms with Crippen molar-refractivity contribution in [1.29, 1.82) is 0 Å². The Morgan fingerprint density at radius 2 is 2.21 bits per heavy atom. The molecular weight excluding hydrogens is 198 g/mol. The van der Waals surface area contributed by atoms with E-state index < -0.39 is 0 Å². The van der Waals surface area contributed by atoms with Crippen LogP contribution in [0.4, 0.5) is 5.82 Å². The lowest BCUT2D eigenvalue weighted by atomic mass is 10.3. The van der Waals surface area contributed by atoms with Crippen LogP contribution in [-0.4, -0.2) is 34.2 Å². The standard InChI is InChI=1S/C8H13N5S/c1-12-4-10-7-5(12)6(9)11-8(14-3)13(7)2/h4,8H,1-3H3,(H2,9,11). The molecule has 0 saturated heterocycles. The number of fused-ring (bicyclic) bond motifs is 1. The highest BCUT2D eigenvalue weighted by Crippen LogP contribution is 2.27. The Kier molecular flexibility index (Phi) is 2.14. The van der Waals surface area contributed by atoms with Crippen molar-refractivity contribution >= 4 is 23.4 Å². The van der Waals surface area contributed by atoms with E-state index in [1.165, 1.54) is 0 Å². The molecule has 76 valence electrons. The molecule has 2 rings (SSSR count). The molecule has 6 heteroatoms. The van der Waals surface area contributed by atoms with Crippen molar-refractivity contribution in [3.8, 4) is 0 Å². The average molecular weight is 211 g/mol. The van der Waals surface area contributed by atoms with Gasteiger partial charge in [0.25, 0.3) is 0 Å². The van der Waals surface area contributed by atoms with Crippen LogP contribution in [0.15, 0.2) is 11.3 Å². The molecule has 2 heterocycles. The first kappa shape index (κ1) is 9.39. The molecule has 1 atom stereocenters. The molecule has 1 aliphatic heterocycles. The summed E-state index contributed by atoms with van der Waals surface area (Å²) in [5, 5.41) is 0. The van der Waals surface area contributed by atoms with Crippen molar-refractivity contribution in [3.63, 3.8) is 0 Å². The molecule has 2 N–H and O–H groups in total. The zero-order valence-electron chi connectivity index (χ0n) is 8.43. The number of imidazole rings is 1. The second-order valence-electron chi connectivity index (χ2n) is 3.21. The van der Waals surface area contributed by atoms with Gasteiger partial charge in [-0.15, -0.1) is 11.8 Å². The quantitative estimate of drug-likeness (QED) is 0.722. The summed E-state index contributed by atoms with van der Waals surface area (Å²) < 4.78 is 1.89. The van der Waals surface area contributed by atoms with Crippen molar-refractivity contribution < 1.29 is 0 Å². The minimum Gasteiger partial charge on any atom is -0.382 e. The Balaban J connectivity index is 2.52. The first-order valence-electron chi connectivity index (χ1n) is 4.25. The first-order valence-corrected chi connectivity index (χ1v) is 5.54. The summed E-state index contributed by atoms with van der Waals surface area (Å²) in [6, 6.07) is 0. The summed E-state index contributed by atoms with van der Waals surface area (Å²) in [7, 11) is 3.89. The number of hydrogen-bond acceptors (Lipinski definition) is 5. The molecule has 0 fully saturated rings. The van der Waals surface area contributed by atoms with E-state index in [4.69, 9.17) is 5.73 Å². The van der Waals surface area contributed by atoms with Crippen LogP contribution < -0.4 is 10.6 Å². The minimum absolute atomic E-state index is 0.0393. The zero-order valence-corrected chi connectivity index (χ0v) is 9.25. The van der Waals surface area contributed by atoms with Gasteiger partial charge in [-0.05, 0) is 6.26 Å². The van der Waals surface area contributed by atoms with Crippen molar-refractivity contribution in [3.05, 3.63) is 12.0 Å². The van der Waals surface area contributed by atoms with E-state index in [9.17, 15) is 0 Å². The van der Waals surface area contributed by atoms with E-state index in [1.54, 1.807) is 18.1 Å². The highest BCUT2D eigenvalue weighted by atomic mass is 32.2. The molecular formula is C8H13N5S. The highest BCUT2D eigenvalue weighted by Gasteiger charge is 2.26. The van der Waals surface area contributed by atoms with E-state index in [2.05, 4.69) is 9.98 Å². The van der Waals surface area contributed by atoms with Crippen molar-refractivity contribution in [1.82, 2.24) is 9.55 Å². The number of aliphatic imine (C=N–C) groups is 1. The average Bonchev–Trinajstić information content (AvgIpc) is 2.54. The fourth-order valence-electron chi connectivity index (χ4n) is 1.55. The van der Waals surface area contributed by atoms with E-state index in [0.29, 0.717) is 5.84 Å². The van der Waals surface area contributed by atoms with Gasteiger partial charge in [0, 0.05) is 14.1 Å². The van der Waals surface area contributed by atoms with E-state index in [-0.39, 0.29) is 5.50 Å². The molecule has 0 radical (unpaired) electrons. The first-order chi connectivity index (χ1) is 6.65. The van der Waals surface area contributed by atoms with Crippen LogP contribution in [0, 0.1) is 0 Å². The van der Waals surface area contributed by atoms with Gasteiger partial charge in [-0.25, -0.2) is 9.98 Å². The molecule has 0 aromatic carbocycles. The van der Waals surface area contributed by atoms with Crippen LogP contribution in [0.3, 0.4) is 0 Å². The summed E-state index contributed by atoms with van der Waals surface area (Å²) in [6.07, 6.45) is 3.76. The normalized spacial score (nSPS) is 20.6. The molecule has 1 aromatic heterocycles. The molecule has 0 saturated carbocycles. The van der Waals surface area contributed by atoms with Gasteiger partial charge in [0.15, 0.2) is 11.3 Å². The monoisotopic (exact) mass is 211 g/mol. The summed E-state index contributed by atoms with van der Waals surface area (Å²) >= 11 is 1.64. The van der Waals surface area contributed by atoms with Gasteiger partial charge < -0.3 is 15.2 Å². The Morgan fingerprint density at radius 3 is 2.86 bits per heavy atom. The third kappa shape index (κ3) is 1.18. The van der Waals surface area contributed by atoms with E-state index in [1.807, 2.05) is 29.8 Å². The molecule has 5 nitrogen and oxygen atoms in total. The van der Waals surface area contributed by atoms with Gasteiger partial charge in [-0.3, -0.25) is 0 Å². The summed E-state index contributed by atoms with van der Waals surface area (Å²) in [4.78, 5) is 10.7. The minimum atomic E-state index is 0.0393. The molecule has 14 heavy (non-hydrogen) atoms. The van der Waals surface area contributed by atoms with Gasteiger partial charge in [0.1, 0.15) is 11.5 Å². The lowest BCUT2D eigenvalue weighted by molar-refractivity contribution is 0.828. The maximum atomic E-state index is 5.87. The van der Waals surface area contributed by atoms with Crippen LogP contribution in [0.2, 0.25) is 0 Å². The third-order valence-electron chi connectivity index (χ3n) is 2.29. The fraction of sp³-hybridized carbons (Fsp3) is 0.500. The third-order valence-corrected chi connectivity index (χ3v) is 3.13. The number of aromatic nitrogens is 2. The lowest BCUT2D eigenvalue weighted by Gasteiger charge is -2.28. The fourth-order valence-corrected chi connectivity index (χ4v) is 2.19. The number of anilines is 1. The predicted molar refractivity (Wildman–Crippen MR) is 59.6 cm³/mol. The lowest BCUT2D eigenvalue weighted by Crippen LogP contribution is -2.36. The van der Waals surface area contributed by atoms with Crippen LogP contribution in [0.1, 0.15) is 5.69 Å². The summed E-state index contributed by atoms with van der Waals surface area (Å²) in [5.41, 5.74) is 6.81. The van der Waals surface area contributed by atoms with E-state index in [0.717, 1.165) is 11.5 Å². The van der Waals surface area contributed by atoms with Gasteiger partial charge in [0.05, 0.1) is 6.33 Å². The molecule has 0 bridgehead atoms. The molecule has 1 unspecified atom stereocenters. The SMILES string of the molecule is CSC1N=C(N)c2c(ncn2C)N1C. The number of aryl methyl sites for hydroxylation is 1.